The highest BCUT2D eigenvalue weighted by atomic mass is 16.5. The predicted molar refractivity (Wildman–Crippen MR) is 96.9 cm³/mol. The van der Waals surface area contributed by atoms with Gasteiger partial charge in [-0.2, -0.15) is 0 Å². The van der Waals surface area contributed by atoms with Gasteiger partial charge in [0.25, 0.3) is 11.8 Å². The smallest absolute Gasteiger partial charge is 0.261 e. The molecule has 0 radical (unpaired) electrons. The van der Waals surface area contributed by atoms with Crippen LogP contribution in [0.15, 0.2) is 24.3 Å². The van der Waals surface area contributed by atoms with Gasteiger partial charge in [0.05, 0.1) is 17.2 Å². The summed E-state index contributed by atoms with van der Waals surface area (Å²) in [7, 11) is 0. The van der Waals surface area contributed by atoms with Crippen LogP contribution in [0, 0.1) is 0 Å². The quantitative estimate of drug-likeness (QED) is 0.572. The van der Waals surface area contributed by atoms with Crippen LogP contribution in [-0.2, 0) is 9.53 Å². The lowest BCUT2D eigenvalue weighted by molar-refractivity contribution is -0.121. The zero-order chi connectivity index (χ0) is 18.4. The van der Waals surface area contributed by atoms with Crippen LogP contribution >= 0.6 is 0 Å². The molecule has 26 heavy (non-hydrogen) atoms. The van der Waals surface area contributed by atoms with Crippen molar-refractivity contribution in [3.05, 3.63) is 35.4 Å². The third kappa shape index (κ3) is 4.49. The van der Waals surface area contributed by atoms with Crippen molar-refractivity contribution in [2.45, 2.75) is 51.0 Å². The molecule has 0 atom stereocenters. The molecular weight excluding hydrogens is 332 g/mol. The number of rotatable bonds is 8. The van der Waals surface area contributed by atoms with E-state index in [-0.39, 0.29) is 30.7 Å². The SMILES string of the molecule is O=C(CCN1C(=O)c2ccccc2C1=O)NCCCOC1CCCCC1. The van der Waals surface area contributed by atoms with Crippen LogP contribution in [0.2, 0.25) is 0 Å². The van der Waals surface area contributed by atoms with Gasteiger partial charge in [-0.15, -0.1) is 0 Å². The van der Waals surface area contributed by atoms with Gasteiger partial charge in [-0.05, 0) is 31.4 Å². The average molecular weight is 358 g/mol. The first-order chi connectivity index (χ1) is 12.7. The van der Waals surface area contributed by atoms with Gasteiger partial charge >= 0.3 is 0 Å². The van der Waals surface area contributed by atoms with E-state index in [1.54, 1.807) is 24.3 Å². The number of carbonyl (C=O) groups is 3. The van der Waals surface area contributed by atoms with Crippen LogP contribution in [0.1, 0.15) is 65.7 Å². The van der Waals surface area contributed by atoms with E-state index in [4.69, 9.17) is 4.74 Å². The van der Waals surface area contributed by atoms with Crippen molar-refractivity contribution in [2.24, 2.45) is 0 Å². The first kappa shape index (κ1) is 18.6. The summed E-state index contributed by atoms with van der Waals surface area (Å²) in [6.45, 7) is 1.31. The molecule has 1 N–H and O–H groups in total. The molecule has 1 heterocycles. The Labute approximate surface area is 153 Å². The molecule has 1 aliphatic carbocycles. The van der Waals surface area contributed by atoms with Gasteiger partial charge in [-0.3, -0.25) is 19.3 Å². The molecule has 0 unspecified atom stereocenters. The predicted octanol–water partition coefficient (Wildman–Crippen LogP) is 2.53. The summed E-state index contributed by atoms with van der Waals surface area (Å²) in [5.41, 5.74) is 0.829. The van der Waals surface area contributed by atoms with Crippen LogP contribution in [0.5, 0.6) is 0 Å². The molecule has 6 heteroatoms. The summed E-state index contributed by atoms with van der Waals surface area (Å²) in [6.07, 6.45) is 7.37. The number of nitrogens with zero attached hydrogens (tertiary/aromatic N) is 1. The minimum absolute atomic E-state index is 0.108. The molecule has 1 aromatic rings. The average Bonchev–Trinajstić information content (AvgIpc) is 2.91. The van der Waals surface area contributed by atoms with E-state index < -0.39 is 0 Å². The number of benzene rings is 1. The fourth-order valence-corrected chi connectivity index (χ4v) is 3.53. The van der Waals surface area contributed by atoms with Crippen molar-refractivity contribution in [1.29, 1.82) is 0 Å². The summed E-state index contributed by atoms with van der Waals surface area (Å²) < 4.78 is 5.82. The second kappa shape index (κ2) is 8.94. The standard InChI is InChI=1S/C20H26N2O4/c23-18(21-12-6-14-26-15-7-2-1-3-8-15)11-13-22-19(24)16-9-4-5-10-17(16)20(22)25/h4-5,9-10,15H,1-3,6-8,11-14H2,(H,21,23). The molecule has 140 valence electrons. The largest absolute Gasteiger partial charge is 0.378 e. The molecular formula is C20H26N2O4. The second-order valence-corrected chi connectivity index (χ2v) is 6.89. The van der Waals surface area contributed by atoms with Gasteiger partial charge in [0, 0.05) is 26.1 Å². The number of nitrogens with one attached hydrogen (secondary N) is 1. The number of carbonyl (C=O) groups excluding carboxylic acids is 3. The molecule has 0 spiro atoms. The molecule has 0 aromatic heterocycles. The van der Waals surface area contributed by atoms with E-state index in [0.29, 0.717) is 30.4 Å². The molecule has 1 aliphatic heterocycles. The molecule has 6 nitrogen and oxygen atoms in total. The van der Waals surface area contributed by atoms with Gasteiger partial charge < -0.3 is 10.1 Å². The maximum Gasteiger partial charge on any atom is 0.261 e. The summed E-state index contributed by atoms with van der Waals surface area (Å²) in [5, 5.41) is 2.83. The first-order valence-corrected chi connectivity index (χ1v) is 9.50. The van der Waals surface area contributed by atoms with Crippen molar-refractivity contribution >= 4 is 17.7 Å². The highest BCUT2D eigenvalue weighted by Crippen LogP contribution is 2.22. The van der Waals surface area contributed by atoms with Gasteiger partial charge in [0.2, 0.25) is 5.91 Å². The van der Waals surface area contributed by atoms with Crippen molar-refractivity contribution in [2.75, 3.05) is 19.7 Å². The number of imide groups is 1. The Morgan fingerprint density at radius 3 is 2.38 bits per heavy atom. The van der Waals surface area contributed by atoms with Crippen LogP contribution < -0.4 is 5.32 Å². The van der Waals surface area contributed by atoms with Crippen LogP contribution in [0.3, 0.4) is 0 Å². The Hall–Kier alpha value is -2.21. The number of hydrogen-bond acceptors (Lipinski definition) is 4. The highest BCUT2D eigenvalue weighted by Gasteiger charge is 2.34. The number of amides is 3. The van der Waals surface area contributed by atoms with Gasteiger partial charge in [0.1, 0.15) is 0 Å². The number of ether oxygens (including phenoxy) is 1. The fourth-order valence-electron chi connectivity index (χ4n) is 3.53. The summed E-state index contributed by atoms with van der Waals surface area (Å²) in [5.74, 6) is -0.794. The molecule has 1 fully saturated rings. The molecule has 1 saturated carbocycles. The Kier molecular flexibility index (Phi) is 6.39. The molecule has 0 bridgehead atoms. The summed E-state index contributed by atoms with van der Waals surface area (Å²) in [6, 6.07) is 6.75. The Morgan fingerprint density at radius 2 is 1.73 bits per heavy atom. The monoisotopic (exact) mass is 358 g/mol. The Morgan fingerprint density at radius 1 is 1.08 bits per heavy atom. The van der Waals surface area contributed by atoms with E-state index in [9.17, 15) is 14.4 Å². The third-order valence-corrected chi connectivity index (χ3v) is 4.99. The van der Waals surface area contributed by atoms with Crippen LogP contribution in [0.25, 0.3) is 0 Å². The van der Waals surface area contributed by atoms with Crippen molar-refractivity contribution in [3.8, 4) is 0 Å². The van der Waals surface area contributed by atoms with E-state index in [1.807, 2.05) is 0 Å². The van der Waals surface area contributed by atoms with Gasteiger partial charge in [-0.1, -0.05) is 31.4 Å². The van der Waals surface area contributed by atoms with E-state index in [2.05, 4.69) is 5.32 Å². The number of fused-ring (bicyclic) bond motifs is 1. The maximum atomic E-state index is 12.2. The minimum Gasteiger partial charge on any atom is -0.378 e. The van der Waals surface area contributed by atoms with E-state index in [0.717, 1.165) is 24.2 Å². The molecule has 2 aliphatic rings. The van der Waals surface area contributed by atoms with E-state index in [1.165, 1.54) is 19.3 Å². The van der Waals surface area contributed by atoms with E-state index >= 15 is 0 Å². The summed E-state index contributed by atoms with van der Waals surface area (Å²) >= 11 is 0. The zero-order valence-electron chi connectivity index (χ0n) is 15.0. The lowest BCUT2D eigenvalue weighted by atomic mass is 9.98. The van der Waals surface area contributed by atoms with Crippen LogP contribution in [-0.4, -0.2) is 48.4 Å². The first-order valence-electron chi connectivity index (χ1n) is 9.50. The Bertz CT molecular complexity index is 633. The fraction of sp³-hybridized carbons (Fsp3) is 0.550. The lowest BCUT2D eigenvalue weighted by Crippen LogP contribution is -2.35. The minimum atomic E-state index is -0.320. The normalized spacial score (nSPS) is 17.5. The molecule has 0 saturated heterocycles. The third-order valence-electron chi connectivity index (χ3n) is 4.99. The number of hydrogen-bond donors (Lipinski definition) is 1. The second-order valence-electron chi connectivity index (χ2n) is 6.89. The summed E-state index contributed by atoms with van der Waals surface area (Å²) in [4.78, 5) is 37.6. The van der Waals surface area contributed by atoms with Crippen molar-refractivity contribution in [3.63, 3.8) is 0 Å². The highest BCUT2D eigenvalue weighted by molar-refractivity contribution is 6.21. The topological polar surface area (TPSA) is 75.7 Å². The van der Waals surface area contributed by atoms with Crippen molar-refractivity contribution < 1.29 is 19.1 Å². The maximum absolute atomic E-state index is 12.2. The molecule has 3 amide bonds. The Balaban J connectivity index is 1.32. The molecule has 3 rings (SSSR count). The van der Waals surface area contributed by atoms with Gasteiger partial charge in [0.15, 0.2) is 0 Å². The van der Waals surface area contributed by atoms with Crippen molar-refractivity contribution in [1.82, 2.24) is 10.2 Å². The van der Waals surface area contributed by atoms with Crippen LogP contribution in [0.4, 0.5) is 0 Å². The molecule has 1 aromatic carbocycles. The van der Waals surface area contributed by atoms with Gasteiger partial charge in [-0.25, -0.2) is 0 Å². The zero-order valence-corrected chi connectivity index (χ0v) is 15.0. The lowest BCUT2D eigenvalue weighted by Gasteiger charge is -2.21.